The van der Waals surface area contributed by atoms with Crippen LogP contribution in [0.3, 0.4) is 0 Å². The summed E-state index contributed by atoms with van der Waals surface area (Å²) in [7, 11) is 0. The molecule has 1 aliphatic rings. The Morgan fingerprint density at radius 3 is 2.79 bits per heavy atom. The zero-order valence-corrected chi connectivity index (χ0v) is 15.8. The highest BCUT2D eigenvalue weighted by Crippen LogP contribution is 2.25. The number of aryl methyl sites for hydroxylation is 1. The molecule has 1 aromatic heterocycles. The molecule has 0 aliphatic carbocycles. The zero-order valence-electron chi connectivity index (χ0n) is 15.8. The van der Waals surface area contributed by atoms with Crippen molar-refractivity contribution in [2.75, 3.05) is 11.9 Å². The molecule has 1 unspecified atom stereocenters. The van der Waals surface area contributed by atoms with Crippen molar-refractivity contribution >= 4 is 23.5 Å². The number of rotatable bonds is 6. The number of amides is 2. The van der Waals surface area contributed by atoms with Crippen molar-refractivity contribution in [3.63, 3.8) is 0 Å². The lowest BCUT2D eigenvalue weighted by molar-refractivity contribution is -0.137. The second-order valence-corrected chi connectivity index (χ2v) is 7.04. The van der Waals surface area contributed by atoms with Crippen molar-refractivity contribution in [1.82, 2.24) is 4.90 Å². The van der Waals surface area contributed by atoms with Gasteiger partial charge in [0.25, 0.3) is 11.8 Å². The first-order chi connectivity index (χ1) is 13.5. The summed E-state index contributed by atoms with van der Waals surface area (Å²) in [5.74, 6) is -1.17. The van der Waals surface area contributed by atoms with Crippen LogP contribution >= 0.6 is 0 Å². The molecule has 1 saturated heterocycles. The Morgan fingerprint density at radius 1 is 1.25 bits per heavy atom. The lowest BCUT2D eigenvalue weighted by Crippen LogP contribution is -2.44. The lowest BCUT2D eigenvalue weighted by atomic mass is 9.96. The minimum Gasteiger partial charge on any atom is -0.481 e. The number of carbonyl (C=O) groups excluding carboxylic acids is 2. The quantitative estimate of drug-likeness (QED) is 0.791. The summed E-state index contributed by atoms with van der Waals surface area (Å²) in [6.45, 7) is 2.47. The fourth-order valence-corrected chi connectivity index (χ4v) is 3.51. The number of carboxylic acid groups (broad SMARTS) is 1. The normalized spacial score (nSPS) is 16.6. The molecule has 3 rings (SSSR count). The van der Waals surface area contributed by atoms with Gasteiger partial charge in [0, 0.05) is 30.3 Å². The molecule has 2 aromatic rings. The summed E-state index contributed by atoms with van der Waals surface area (Å²) in [5.41, 5.74) is 1.85. The second kappa shape index (κ2) is 8.73. The molecule has 1 aliphatic heterocycles. The van der Waals surface area contributed by atoms with Gasteiger partial charge in [-0.25, -0.2) is 0 Å². The minimum atomic E-state index is -0.851. The molecule has 1 atom stereocenters. The van der Waals surface area contributed by atoms with E-state index in [4.69, 9.17) is 9.52 Å². The van der Waals surface area contributed by atoms with Gasteiger partial charge in [0.05, 0.1) is 6.26 Å². The van der Waals surface area contributed by atoms with Crippen LogP contribution in [0.5, 0.6) is 0 Å². The second-order valence-electron chi connectivity index (χ2n) is 7.04. The Morgan fingerprint density at radius 2 is 2.07 bits per heavy atom. The van der Waals surface area contributed by atoms with Crippen LogP contribution in [-0.2, 0) is 4.79 Å². The number of nitrogens with one attached hydrogen (secondary N) is 1. The van der Waals surface area contributed by atoms with Crippen LogP contribution in [0.1, 0.15) is 58.6 Å². The summed E-state index contributed by atoms with van der Waals surface area (Å²) in [6, 6.07) is 8.33. The molecule has 0 bridgehead atoms. The molecular formula is C21H24N2O5. The minimum absolute atomic E-state index is 0.0484. The summed E-state index contributed by atoms with van der Waals surface area (Å²) < 4.78 is 5.11. The number of carbonyl (C=O) groups is 3. The van der Waals surface area contributed by atoms with E-state index in [9.17, 15) is 14.4 Å². The van der Waals surface area contributed by atoms with E-state index in [1.807, 2.05) is 6.92 Å². The maximum Gasteiger partial charge on any atom is 0.303 e. The summed E-state index contributed by atoms with van der Waals surface area (Å²) in [6.07, 6.45) is 4.64. The number of hydrogen-bond donors (Lipinski definition) is 2. The average molecular weight is 384 g/mol. The van der Waals surface area contributed by atoms with Crippen LogP contribution in [0.2, 0.25) is 0 Å². The summed E-state index contributed by atoms with van der Waals surface area (Å²) in [4.78, 5) is 38.0. The molecule has 7 heteroatoms. The molecule has 2 amide bonds. The molecule has 0 radical (unpaired) electrons. The number of benzene rings is 1. The molecule has 7 nitrogen and oxygen atoms in total. The predicted octanol–water partition coefficient (Wildman–Crippen LogP) is 3.70. The van der Waals surface area contributed by atoms with Gasteiger partial charge in [-0.2, -0.15) is 0 Å². The highest BCUT2D eigenvalue weighted by atomic mass is 16.4. The largest absolute Gasteiger partial charge is 0.481 e. The topological polar surface area (TPSA) is 99.9 Å². The first-order valence-corrected chi connectivity index (χ1v) is 9.44. The number of nitrogens with zero attached hydrogens (tertiary/aromatic N) is 1. The zero-order chi connectivity index (χ0) is 20.1. The Kier molecular flexibility index (Phi) is 6.13. The van der Waals surface area contributed by atoms with Gasteiger partial charge in [0.1, 0.15) is 0 Å². The Bertz CT molecular complexity index is 860. The Balaban J connectivity index is 1.77. The van der Waals surface area contributed by atoms with Crippen LogP contribution in [0, 0.1) is 6.92 Å². The molecule has 0 spiro atoms. The van der Waals surface area contributed by atoms with Gasteiger partial charge >= 0.3 is 5.97 Å². The van der Waals surface area contributed by atoms with E-state index in [0.29, 0.717) is 24.2 Å². The molecule has 148 valence electrons. The van der Waals surface area contributed by atoms with Gasteiger partial charge < -0.3 is 19.7 Å². The van der Waals surface area contributed by atoms with Crippen LogP contribution in [-0.4, -0.2) is 40.4 Å². The van der Waals surface area contributed by atoms with Crippen molar-refractivity contribution in [3.05, 3.63) is 53.5 Å². The highest BCUT2D eigenvalue weighted by molar-refractivity contribution is 6.04. The van der Waals surface area contributed by atoms with E-state index in [1.54, 1.807) is 35.2 Å². The number of hydrogen-bond acceptors (Lipinski definition) is 4. The van der Waals surface area contributed by atoms with Gasteiger partial charge in [-0.1, -0.05) is 6.07 Å². The van der Waals surface area contributed by atoms with Crippen molar-refractivity contribution < 1.29 is 23.9 Å². The molecule has 0 saturated carbocycles. The molecular weight excluding hydrogens is 360 g/mol. The number of aliphatic carboxylic acids is 1. The number of piperidine rings is 1. The van der Waals surface area contributed by atoms with E-state index in [2.05, 4.69) is 5.32 Å². The van der Waals surface area contributed by atoms with Crippen molar-refractivity contribution in [2.45, 2.75) is 45.1 Å². The number of furan rings is 1. The Hall–Kier alpha value is -3.09. The predicted molar refractivity (Wildman–Crippen MR) is 103 cm³/mol. The first kappa shape index (κ1) is 19.7. The maximum atomic E-state index is 13.1. The average Bonchev–Trinajstić information content (AvgIpc) is 3.22. The third-order valence-electron chi connectivity index (χ3n) is 5.06. The third-order valence-corrected chi connectivity index (χ3v) is 5.06. The van der Waals surface area contributed by atoms with E-state index >= 15 is 0 Å². The monoisotopic (exact) mass is 384 g/mol. The lowest BCUT2D eigenvalue weighted by Gasteiger charge is -2.36. The number of anilines is 1. The van der Waals surface area contributed by atoms with Crippen LogP contribution in [0.4, 0.5) is 5.69 Å². The van der Waals surface area contributed by atoms with E-state index in [-0.39, 0.29) is 30.0 Å². The molecule has 28 heavy (non-hydrogen) atoms. The van der Waals surface area contributed by atoms with Crippen LogP contribution < -0.4 is 5.32 Å². The fourth-order valence-electron chi connectivity index (χ4n) is 3.51. The summed E-state index contributed by atoms with van der Waals surface area (Å²) in [5, 5.41) is 11.7. The SMILES string of the molecule is Cc1ccc(C(=O)N2CCCCC2CCC(=O)O)cc1NC(=O)c1ccco1. The van der Waals surface area contributed by atoms with Gasteiger partial charge in [0.15, 0.2) is 5.76 Å². The van der Waals surface area contributed by atoms with Crippen molar-refractivity contribution in [3.8, 4) is 0 Å². The number of carboxylic acids is 1. The van der Waals surface area contributed by atoms with Gasteiger partial charge in [-0.05, 0) is 62.4 Å². The van der Waals surface area contributed by atoms with Crippen LogP contribution in [0.25, 0.3) is 0 Å². The molecule has 2 heterocycles. The van der Waals surface area contributed by atoms with Gasteiger partial charge in [-0.15, -0.1) is 0 Å². The molecule has 1 fully saturated rings. The van der Waals surface area contributed by atoms with Crippen molar-refractivity contribution in [2.24, 2.45) is 0 Å². The van der Waals surface area contributed by atoms with E-state index < -0.39 is 5.97 Å². The maximum absolute atomic E-state index is 13.1. The van der Waals surface area contributed by atoms with E-state index in [1.165, 1.54) is 6.26 Å². The smallest absolute Gasteiger partial charge is 0.303 e. The molecule has 2 N–H and O–H groups in total. The molecule has 1 aromatic carbocycles. The highest BCUT2D eigenvalue weighted by Gasteiger charge is 2.28. The first-order valence-electron chi connectivity index (χ1n) is 9.44. The van der Waals surface area contributed by atoms with Gasteiger partial charge in [0.2, 0.25) is 0 Å². The fraction of sp³-hybridized carbons (Fsp3) is 0.381. The van der Waals surface area contributed by atoms with Gasteiger partial charge in [-0.3, -0.25) is 14.4 Å². The number of likely N-dealkylation sites (tertiary alicyclic amines) is 1. The Labute approximate surface area is 163 Å². The third kappa shape index (κ3) is 4.60. The van der Waals surface area contributed by atoms with E-state index in [0.717, 1.165) is 24.8 Å². The van der Waals surface area contributed by atoms with Crippen LogP contribution in [0.15, 0.2) is 41.0 Å². The summed E-state index contributed by atoms with van der Waals surface area (Å²) >= 11 is 0. The van der Waals surface area contributed by atoms with Crippen molar-refractivity contribution in [1.29, 1.82) is 0 Å². The standard InChI is InChI=1S/C21H24N2O5/c1-14-7-8-15(13-17(14)22-20(26)18-6-4-12-28-18)21(27)23-11-3-2-5-16(23)9-10-19(24)25/h4,6-8,12-13,16H,2-3,5,9-11H2,1H3,(H,22,26)(H,24,25).